The molecule has 2 rings (SSSR count). The summed E-state index contributed by atoms with van der Waals surface area (Å²) in [5.41, 5.74) is 1.71. The lowest BCUT2D eigenvalue weighted by Crippen LogP contribution is -2.39. The molecule has 2 aromatic carbocycles. The van der Waals surface area contributed by atoms with Crippen molar-refractivity contribution in [2.45, 2.75) is 20.3 Å². The van der Waals surface area contributed by atoms with E-state index in [0.717, 1.165) is 29.0 Å². The van der Waals surface area contributed by atoms with Crippen molar-refractivity contribution in [3.63, 3.8) is 0 Å². The van der Waals surface area contributed by atoms with E-state index >= 15 is 0 Å². The van der Waals surface area contributed by atoms with Crippen molar-refractivity contribution in [3.8, 4) is 5.75 Å². The van der Waals surface area contributed by atoms with Crippen LogP contribution in [0.4, 0.5) is 18.9 Å². The number of rotatable bonds is 8. The van der Waals surface area contributed by atoms with Crippen LogP contribution in [0, 0.1) is 24.4 Å². The molecule has 0 saturated carbocycles. The van der Waals surface area contributed by atoms with E-state index in [4.69, 9.17) is 4.74 Å². The molecule has 0 aromatic heterocycles. The van der Waals surface area contributed by atoms with Crippen LogP contribution in [0.5, 0.6) is 5.75 Å². The first-order valence-electron chi connectivity index (χ1n) is 9.44. The predicted octanol–water partition coefficient (Wildman–Crippen LogP) is 3.16. The van der Waals surface area contributed by atoms with Crippen LogP contribution in [-0.2, 0) is 11.2 Å². The Morgan fingerprint density at radius 2 is 1.87 bits per heavy atom. The average Bonchev–Trinajstić information content (AvgIpc) is 2.72. The summed E-state index contributed by atoms with van der Waals surface area (Å²) < 4.78 is 45.2. The van der Waals surface area contributed by atoms with Gasteiger partial charge in [-0.3, -0.25) is 4.79 Å². The number of hydrogen-bond donors (Lipinski definition) is 3. The van der Waals surface area contributed by atoms with Gasteiger partial charge in [-0.15, -0.1) is 0 Å². The molecule has 0 heterocycles. The lowest BCUT2D eigenvalue weighted by Gasteiger charge is -2.13. The van der Waals surface area contributed by atoms with E-state index in [9.17, 15) is 18.0 Å². The van der Waals surface area contributed by atoms with Crippen LogP contribution in [0.25, 0.3) is 0 Å². The average molecular weight is 422 g/mol. The molecule has 9 heteroatoms. The highest BCUT2D eigenvalue weighted by atomic mass is 19.2. The van der Waals surface area contributed by atoms with E-state index in [2.05, 4.69) is 20.9 Å². The summed E-state index contributed by atoms with van der Waals surface area (Å²) in [6.45, 7) is 4.64. The summed E-state index contributed by atoms with van der Waals surface area (Å²) >= 11 is 0. The minimum Gasteiger partial charge on any atom is -0.496 e. The van der Waals surface area contributed by atoms with Crippen molar-refractivity contribution in [1.29, 1.82) is 0 Å². The zero-order chi connectivity index (χ0) is 22.1. The molecule has 162 valence electrons. The third-order valence-electron chi connectivity index (χ3n) is 4.16. The topological polar surface area (TPSA) is 74.8 Å². The Morgan fingerprint density at radius 1 is 1.10 bits per heavy atom. The summed E-state index contributed by atoms with van der Waals surface area (Å²) in [4.78, 5) is 16.1. The number of guanidine groups is 1. The predicted molar refractivity (Wildman–Crippen MR) is 110 cm³/mol. The number of halogens is 3. The molecule has 0 spiro atoms. The number of anilines is 1. The number of nitrogens with one attached hydrogen (secondary N) is 3. The molecule has 2 aromatic rings. The SMILES string of the molecule is CCNC(=NCC(=O)Nc1ccc(F)c(F)c1F)NCCc1cc(C)ccc1OC. The third kappa shape index (κ3) is 6.40. The summed E-state index contributed by atoms with van der Waals surface area (Å²) in [5.74, 6) is -3.91. The third-order valence-corrected chi connectivity index (χ3v) is 4.16. The fourth-order valence-electron chi connectivity index (χ4n) is 2.72. The van der Waals surface area contributed by atoms with Gasteiger partial charge < -0.3 is 20.7 Å². The van der Waals surface area contributed by atoms with Crippen LogP contribution in [0.15, 0.2) is 35.3 Å². The molecule has 0 bridgehead atoms. The van der Waals surface area contributed by atoms with Gasteiger partial charge in [0, 0.05) is 13.1 Å². The molecule has 0 aliphatic carbocycles. The van der Waals surface area contributed by atoms with Crippen LogP contribution >= 0.6 is 0 Å². The van der Waals surface area contributed by atoms with Gasteiger partial charge in [0.25, 0.3) is 0 Å². The first-order valence-corrected chi connectivity index (χ1v) is 9.44. The van der Waals surface area contributed by atoms with E-state index in [1.54, 1.807) is 7.11 Å². The molecule has 0 aliphatic heterocycles. The number of carbonyl (C=O) groups is 1. The van der Waals surface area contributed by atoms with E-state index in [0.29, 0.717) is 25.5 Å². The normalized spacial score (nSPS) is 11.2. The second-order valence-corrected chi connectivity index (χ2v) is 6.46. The largest absolute Gasteiger partial charge is 0.496 e. The Labute approximate surface area is 173 Å². The Kier molecular flexibility index (Phi) is 8.52. The van der Waals surface area contributed by atoms with Crippen molar-refractivity contribution >= 4 is 17.6 Å². The molecule has 30 heavy (non-hydrogen) atoms. The lowest BCUT2D eigenvalue weighted by atomic mass is 10.1. The molecule has 0 unspecified atom stereocenters. The maximum absolute atomic E-state index is 13.7. The monoisotopic (exact) mass is 422 g/mol. The van der Waals surface area contributed by atoms with Crippen LogP contribution < -0.4 is 20.7 Å². The van der Waals surface area contributed by atoms with E-state index in [1.807, 2.05) is 32.0 Å². The summed E-state index contributed by atoms with van der Waals surface area (Å²) in [7, 11) is 1.61. The van der Waals surface area contributed by atoms with Gasteiger partial charge in [0.2, 0.25) is 5.91 Å². The smallest absolute Gasteiger partial charge is 0.246 e. The summed E-state index contributed by atoms with van der Waals surface area (Å²) in [5, 5.41) is 8.29. The van der Waals surface area contributed by atoms with E-state index < -0.39 is 29.0 Å². The van der Waals surface area contributed by atoms with Crippen LogP contribution in [0.2, 0.25) is 0 Å². The second kappa shape index (κ2) is 11.1. The maximum Gasteiger partial charge on any atom is 0.246 e. The molecule has 1 amide bonds. The van der Waals surface area contributed by atoms with Crippen molar-refractivity contribution < 1.29 is 22.7 Å². The second-order valence-electron chi connectivity index (χ2n) is 6.46. The van der Waals surface area contributed by atoms with Crippen molar-refractivity contribution in [1.82, 2.24) is 10.6 Å². The molecular weight excluding hydrogens is 397 g/mol. The Balaban J connectivity index is 1.95. The zero-order valence-electron chi connectivity index (χ0n) is 17.1. The number of aryl methyl sites for hydroxylation is 1. The van der Waals surface area contributed by atoms with E-state index in [1.165, 1.54) is 0 Å². The van der Waals surface area contributed by atoms with Crippen molar-refractivity contribution in [2.75, 3.05) is 32.1 Å². The number of aliphatic imine (C=N–C) groups is 1. The van der Waals surface area contributed by atoms with Crippen LogP contribution in [0.1, 0.15) is 18.1 Å². The van der Waals surface area contributed by atoms with Gasteiger partial charge in [-0.1, -0.05) is 17.7 Å². The van der Waals surface area contributed by atoms with Gasteiger partial charge in [-0.2, -0.15) is 0 Å². The number of hydrogen-bond acceptors (Lipinski definition) is 3. The summed E-state index contributed by atoms with van der Waals surface area (Å²) in [6.07, 6.45) is 0.668. The quantitative estimate of drug-likeness (QED) is 0.347. The molecule has 0 fully saturated rings. The minimum atomic E-state index is -1.64. The van der Waals surface area contributed by atoms with Crippen molar-refractivity contribution in [3.05, 3.63) is 58.9 Å². The number of nitrogens with zero attached hydrogens (tertiary/aromatic N) is 1. The Hall–Kier alpha value is -3.23. The van der Waals surface area contributed by atoms with Crippen molar-refractivity contribution in [2.24, 2.45) is 4.99 Å². The molecule has 0 aliphatic rings. The molecule has 6 nitrogen and oxygen atoms in total. The van der Waals surface area contributed by atoms with Gasteiger partial charge in [-0.25, -0.2) is 18.2 Å². The zero-order valence-corrected chi connectivity index (χ0v) is 17.1. The highest BCUT2D eigenvalue weighted by Gasteiger charge is 2.15. The molecule has 0 atom stereocenters. The summed E-state index contributed by atoms with van der Waals surface area (Å²) in [6, 6.07) is 7.60. The highest BCUT2D eigenvalue weighted by Crippen LogP contribution is 2.20. The molecule has 3 N–H and O–H groups in total. The molecular formula is C21H25F3N4O2. The fraction of sp³-hybridized carbons (Fsp3) is 0.333. The van der Waals surface area contributed by atoms with Gasteiger partial charge in [-0.05, 0) is 44.0 Å². The standard InChI is InChI=1S/C21H25F3N4O2/c1-4-25-21(26-10-9-14-11-13(2)5-8-17(14)30-3)27-12-18(29)28-16-7-6-15(22)19(23)20(16)24/h5-8,11H,4,9-10,12H2,1-3H3,(H,28,29)(H2,25,26,27). The Bertz CT molecular complexity index is 919. The van der Waals surface area contributed by atoms with E-state index in [-0.39, 0.29) is 6.54 Å². The van der Waals surface area contributed by atoms with Gasteiger partial charge >= 0.3 is 0 Å². The van der Waals surface area contributed by atoms with Gasteiger partial charge in [0.05, 0.1) is 12.8 Å². The lowest BCUT2D eigenvalue weighted by molar-refractivity contribution is -0.114. The maximum atomic E-state index is 13.7. The number of amides is 1. The molecule has 0 saturated heterocycles. The number of carbonyl (C=O) groups excluding carboxylic acids is 1. The first-order chi connectivity index (χ1) is 14.3. The van der Waals surface area contributed by atoms with Gasteiger partial charge in [0.1, 0.15) is 12.3 Å². The molecule has 0 radical (unpaired) electrons. The highest BCUT2D eigenvalue weighted by molar-refractivity contribution is 5.94. The number of methoxy groups -OCH3 is 1. The fourth-order valence-corrected chi connectivity index (χ4v) is 2.72. The minimum absolute atomic E-state index is 0.332. The Morgan fingerprint density at radius 3 is 2.57 bits per heavy atom. The van der Waals surface area contributed by atoms with Crippen LogP contribution in [0.3, 0.4) is 0 Å². The number of benzene rings is 2. The number of ether oxygens (including phenoxy) is 1. The van der Waals surface area contributed by atoms with Crippen LogP contribution in [-0.4, -0.2) is 38.6 Å². The van der Waals surface area contributed by atoms with Gasteiger partial charge in [0.15, 0.2) is 23.4 Å². The first kappa shape index (κ1) is 23.1.